The predicted octanol–water partition coefficient (Wildman–Crippen LogP) is 3.59. The summed E-state index contributed by atoms with van der Waals surface area (Å²) in [7, 11) is 0. The van der Waals surface area contributed by atoms with Gasteiger partial charge in [0.25, 0.3) is 5.91 Å². The monoisotopic (exact) mass is 493 g/mol. The summed E-state index contributed by atoms with van der Waals surface area (Å²) in [6.07, 6.45) is 7.09. The van der Waals surface area contributed by atoms with Crippen LogP contribution in [0.2, 0.25) is 0 Å². The maximum Gasteiger partial charge on any atom is 0.295 e. The average Bonchev–Trinajstić information content (AvgIpc) is 3.57. The van der Waals surface area contributed by atoms with Crippen molar-refractivity contribution in [1.82, 2.24) is 30.5 Å². The van der Waals surface area contributed by atoms with Crippen LogP contribution in [0.4, 0.5) is 5.82 Å². The summed E-state index contributed by atoms with van der Waals surface area (Å²) in [6.45, 7) is 8.83. The van der Waals surface area contributed by atoms with Crippen molar-refractivity contribution in [2.45, 2.75) is 33.1 Å². The zero-order chi connectivity index (χ0) is 24.5. The van der Waals surface area contributed by atoms with Gasteiger partial charge < -0.3 is 4.90 Å². The van der Waals surface area contributed by atoms with Crippen LogP contribution < -0.4 is 10.4 Å². The number of hydrogen-bond acceptors (Lipinski definition) is 8. The number of nitrogens with one attached hydrogen (secondary N) is 2. The topological polar surface area (TPSA) is 99.3 Å². The van der Waals surface area contributed by atoms with Crippen LogP contribution in [0.5, 0.6) is 0 Å². The molecular formula is C25H31N7O2S. The average molecular weight is 494 g/mol. The van der Waals surface area contributed by atoms with Gasteiger partial charge in [-0.1, -0.05) is 25.7 Å². The third-order valence-corrected chi connectivity index (χ3v) is 6.99. The number of aromatic nitrogens is 4. The first-order chi connectivity index (χ1) is 17.2. The second-order valence-electron chi connectivity index (χ2n) is 8.16. The molecule has 1 amide bonds. The molecule has 0 radical (unpaired) electrons. The first-order valence-corrected chi connectivity index (χ1v) is 12.8. The van der Waals surface area contributed by atoms with E-state index < -0.39 is 5.91 Å². The fraction of sp³-hybridized carbons (Fsp3) is 0.440. The Morgan fingerprint density at radius 2 is 2.09 bits per heavy atom. The van der Waals surface area contributed by atoms with Crippen molar-refractivity contribution in [3.8, 4) is 33.0 Å². The maximum atomic E-state index is 12.5. The summed E-state index contributed by atoms with van der Waals surface area (Å²) in [5.74, 6) is 6.45. The van der Waals surface area contributed by atoms with Crippen molar-refractivity contribution in [1.29, 1.82) is 0 Å². The van der Waals surface area contributed by atoms with Gasteiger partial charge in [-0.15, -0.1) is 11.3 Å². The van der Waals surface area contributed by atoms with Crippen molar-refractivity contribution in [3.05, 3.63) is 36.3 Å². The molecule has 35 heavy (non-hydrogen) atoms. The highest BCUT2D eigenvalue weighted by molar-refractivity contribution is 7.19. The van der Waals surface area contributed by atoms with Crippen LogP contribution in [-0.4, -0.2) is 70.3 Å². The third-order valence-electron chi connectivity index (χ3n) is 5.86. The molecule has 1 aliphatic heterocycles. The Hall–Kier alpha value is -3.26. The zero-order valence-electron chi connectivity index (χ0n) is 20.2. The van der Waals surface area contributed by atoms with Gasteiger partial charge in [-0.3, -0.25) is 24.6 Å². The number of piperidine rings is 1. The van der Waals surface area contributed by atoms with E-state index in [-0.39, 0.29) is 12.3 Å². The lowest BCUT2D eigenvalue weighted by atomic mass is 10.1. The normalized spacial score (nSPS) is 13.5. The summed E-state index contributed by atoms with van der Waals surface area (Å²) in [4.78, 5) is 32.4. The Labute approximate surface area is 209 Å². The standard InChI is InChI=1S/C25H31N7O2S/c1-3-31(4-2)13-8-9-16-34-30-24(33)21-17-20(28-29-21)22-23(32-14-6-5-7-15-32)27-25(35-22)19-11-10-12-26-18-19/h10-12,17-18H,3-7,13-16H2,1-2H3,(H,28,29)(H,30,33). The minimum absolute atomic E-state index is 0.118. The lowest BCUT2D eigenvalue weighted by Crippen LogP contribution is -2.30. The molecule has 0 unspecified atom stereocenters. The Bertz CT molecular complexity index is 1160. The highest BCUT2D eigenvalue weighted by Crippen LogP contribution is 2.40. The molecule has 1 fully saturated rings. The summed E-state index contributed by atoms with van der Waals surface area (Å²) in [5, 5.41) is 8.11. The van der Waals surface area contributed by atoms with Gasteiger partial charge in [0.2, 0.25) is 0 Å². The SMILES string of the molecule is CCN(CC)CC#CCONC(=O)c1cc(-c2sc(-c3cccnc3)nc2N2CCCCC2)[nH]n1. The van der Waals surface area contributed by atoms with Gasteiger partial charge in [0, 0.05) is 31.0 Å². The first kappa shape index (κ1) is 24.9. The van der Waals surface area contributed by atoms with Gasteiger partial charge in [0.1, 0.15) is 17.4 Å². The number of nitrogens with zero attached hydrogens (tertiary/aromatic N) is 5. The van der Waals surface area contributed by atoms with Gasteiger partial charge in [0.05, 0.1) is 17.1 Å². The largest absolute Gasteiger partial charge is 0.355 e. The van der Waals surface area contributed by atoms with Crippen molar-refractivity contribution in [3.63, 3.8) is 0 Å². The van der Waals surface area contributed by atoms with E-state index in [0.717, 1.165) is 66.0 Å². The second-order valence-corrected chi connectivity index (χ2v) is 9.16. The van der Waals surface area contributed by atoms with Crippen LogP contribution in [-0.2, 0) is 4.84 Å². The highest BCUT2D eigenvalue weighted by Gasteiger charge is 2.23. The van der Waals surface area contributed by atoms with Crippen molar-refractivity contribution in [2.24, 2.45) is 0 Å². The molecular weight excluding hydrogens is 462 g/mol. The van der Waals surface area contributed by atoms with E-state index in [1.807, 2.05) is 18.3 Å². The van der Waals surface area contributed by atoms with Gasteiger partial charge in [-0.05, 0) is 50.6 Å². The smallest absolute Gasteiger partial charge is 0.295 e. The summed E-state index contributed by atoms with van der Waals surface area (Å²) in [6, 6.07) is 5.64. The zero-order valence-corrected chi connectivity index (χ0v) is 21.0. The fourth-order valence-corrected chi connectivity index (χ4v) is 4.88. The summed E-state index contributed by atoms with van der Waals surface area (Å²) < 4.78 is 0. The lowest BCUT2D eigenvalue weighted by Gasteiger charge is -2.27. The Balaban J connectivity index is 1.45. The molecule has 0 saturated carbocycles. The molecule has 0 bridgehead atoms. The van der Waals surface area contributed by atoms with Gasteiger partial charge in [0.15, 0.2) is 5.69 Å². The molecule has 0 aromatic carbocycles. The van der Waals surface area contributed by atoms with E-state index in [2.05, 4.69) is 56.1 Å². The van der Waals surface area contributed by atoms with Crippen molar-refractivity contribution >= 4 is 23.1 Å². The van der Waals surface area contributed by atoms with Crippen LogP contribution >= 0.6 is 11.3 Å². The molecule has 0 aliphatic carbocycles. The highest BCUT2D eigenvalue weighted by atomic mass is 32.1. The molecule has 2 N–H and O–H groups in total. The summed E-state index contributed by atoms with van der Waals surface area (Å²) in [5.41, 5.74) is 4.39. The molecule has 10 heteroatoms. The van der Waals surface area contributed by atoms with E-state index in [1.54, 1.807) is 23.6 Å². The summed E-state index contributed by atoms with van der Waals surface area (Å²) >= 11 is 1.57. The molecule has 3 aromatic heterocycles. The number of carbonyl (C=O) groups excluding carboxylic acids is 1. The number of amides is 1. The number of pyridine rings is 1. The molecule has 3 aromatic rings. The van der Waals surface area contributed by atoms with E-state index >= 15 is 0 Å². The number of hydrogen-bond donors (Lipinski definition) is 2. The third kappa shape index (κ3) is 6.45. The molecule has 0 spiro atoms. The number of hydroxylamine groups is 1. The molecule has 4 heterocycles. The van der Waals surface area contributed by atoms with Gasteiger partial charge >= 0.3 is 0 Å². The number of anilines is 1. The van der Waals surface area contributed by atoms with Crippen LogP contribution in [0, 0.1) is 11.8 Å². The minimum atomic E-state index is -0.422. The number of thiazole rings is 1. The maximum absolute atomic E-state index is 12.5. The minimum Gasteiger partial charge on any atom is -0.355 e. The van der Waals surface area contributed by atoms with Crippen LogP contribution in [0.25, 0.3) is 21.1 Å². The molecule has 4 rings (SSSR count). The van der Waals surface area contributed by atoms with Crippen LogP contribution in [0.1, 0.15) is 43.6 Å². The molecule has 9 nitrogen and oxygen atoms in total. The number of H-pyrrole nitrogens is 1. The van der Waals surface area contributed by atoms with Crippen molar-refractivity contribution < 1.29 is 9.63 Å². The number of rotatable bonds is 9. The molecule has 0 atom stereocenters. The van der Waals surface area contributed by atoms with E-state index in [0.29, 0.717) is 6.54 Å². The van der Waals surface area contributed by atoms with Gasteiger partial charge in [-0.25, -0.2) is 10.5 Å². The number of carbonyl (C=O) groups is 1. The molecule has 1 saturated heterocycles. The Morgan fingerprint density at radius 3 is 2.83 bits per heavy atom. The fourth-order valence-electron chi connectivity index (χ4n) is 3.83. The second kappa shape index (κ2) is 12.4. The first-order valence-electron chi connectivity index (χ1n) is 12.0. The van der Waals surface area contributed by atoms with Crippen LogP contribution in [0.3, 0.4) is 0 Å². The van der Waals surface area contributed by atoms with Gasteiger partial charge in [-0.2, -0.15) is 5.10 Å². The molecule has 184 valence electrons. The predicted molar refractivity (Wildman–Crippen MR) is 138 cm³/mol. The Kier molecular flexibility index (Phi) is 8.84. The van der Waals surface area contributed by atoms with E-state index in [1.165, 1.54) is 6.42 Å². The Morgan fingerprint density at radius 1 is 1.26 bits per heavy atom. The number of aromatic amines is 1. The van der Waals surface area contributed by atoms with Crippen molar-refractivity contribution in [2.75, 3.05) is 44.2 Å². The van der Waals surface area contributed by atoms with Crippen LogP contribution in [0.15, 0.2) is 30.6 Å². The quantitative estimate of drug-likeness (QED) is 0.267. The van der Waals surface area contributed by atoms with E-state index in [4.69, 9.17) is 9.82 Å². The lowest BCUT2D eigenvalue weighted by molar-refractivity contribution is 0.0432. The van der Waals surface area contributed by atoms with E-state index in [9.17, 15) is 4.79 Å². The molecule has 1 aliphatic rings.